The van der Waals surface area contributed by atoms with E-state index in [9.17, 15) is 4.79 Å². The van der Waals surface area contributed by atoms with Gasteiger partial charge in [-0.15, -0.1) is 11.3 Å². The maximum absolute atomic E-state index is 12.0. The first kappa shape index (κ1) is 14.0. The third-order valence-corrected chi connectivity index (χ3v) is 3.70. The lowest BCUT2D eigenvalue weighted by atomic mass is 10.1. The molecule has 0 fully saturated rings. The molecule has 0 saturated carbocycles. The summed E-state index contributed by atoms with van der Waals surface area (Å²) in [5, 5.41) is 11.0. The number of thiophene rings is 1. The molecule has 1 aromatic carbocycles. The molecular weight excluding hydrogens is 268 g/mol. The van der Waals surface area contributed by atoms with E-state index in [4.69, 9.17) is 5.26 Å². The topological polar surface area (TPSA) is 44.1 Å². The fraction of sp³-hybridized carbons (Fsp3) is 0.125. The van der Waals surface area contributed by atoms with Gasteiger partial charge in [0.1, 0.15) is 0 Å². The Bertz CT molecular complexity index is 653. The van der Waals surface area contributed by atoms with E-state index in [-0.39, 0.29) is 5.91 Å². The second-order valence-corrected chi connectivity index (χ2v) is 5.34. The normalized spacial score (nSPS) is 10.4. The predicted molar refractivity (Wildman–Crippen MR) is 81.0 cm³/mol. The van der Waals surface area contributed by atoms with E-state index >= 15 is 0 Å². The fourth-order valence-corrected chi connectivity index (χ4v) is 2.50. The number of carbonyl (C=O) groups is 1. The molecule has 2 aromatic rings. The quantitative estimate of drug-likeness (QED) is 0.808. The third kappa shape index (κ3) is 3.56. The van der Waals surface area contributed by atoms with Crippen molar-refractivity contribution < 1.29 is 4.79 Å². The van der Waals surface area contributed by atoms with Crippen LogP contribution in [0.4, 0.5) is 0 Å². The van der Waals surface area contributed by atoms with Gasteiger partial charge in [-0.05, 0) is 29.2 Å². The van der Waals surface area contributed by atoms with Gasteiger partial charge >= 0.3 is 0 Å². The number of benzene rings is 1. The van der Waals surface area contributed by atoms with Crippen LogP contribution in [0.2, 0.25) is 0 Å². The van der Waals surface area contributed by atoms with Crippen molar-refractivity contribution in [1.82, 2.24) is 4.90 Å². The van der Waals surface area contributed by atoms with Gasteiger partial charge in [0.2, 0.25) is 5.91 Å². The Labute approximate surface area is 122 Å². The molecule has 1 heterocycles. The molecule has 0 spiro atoms. The number of nitrogens with zero attached hydrogens (tertiary/aromatic N) is 2. The first-order valence-electron chi connectivity index (χ1n) is 6.15. The number of rotatable bonds is 4. The average Bonchev–Trinajstić information content (AvgIpc) is 2.97. The first-order valence-corrected chi connectivity index (χ1v) is 7.03. The number of nitriles is 1. The Balaban J connectivity index is 2.03. The lowest BCUT2D eigenvalue weighted by Gasteiger charge is -2.13. The minimum absolute atomic E-state index is 0.0776. The van der Waals surface area contributed by atoms with E-state index in [1.807, 2.05) is 29.6 Å². The van der Waals surface area contributed by atoms with Crippen LogP contribution >= 0.6 is 11.3 Å². The summed E-state index contributed by atoms with van der Waals surface area (Å²) in [4.78, 5) is 14.8. The summed E-state index contributed by atoms with van der Waals surface area (Å²) in [5.41, 5.74) is 1.32. The van der Waals surface area contributed by atoms with Crippen molar-refractivity contribution in [2.45, 2.75) is 6.54 Å². The number of amides is 1. The van der Waals surface area contributed by atoms with Gasteiger partial charge < -0.3 is 4.90 Å². The molecule has 100 valence electrons. The molecule has 2 rings (SSSR count). The minimum Gasteiger partial charge on any atom is -0.337 e. The van der Waals surface area contributed by atoms with E-state index in [2.05, 4.69) is 6.07 Å². The summed E-state index contributed by atoms with van der Waals surface area (Å²) in [5.74, 6) is -0.0776. The lowest BCUT2D eigenvalue weighted by Crippen LogP contribution is -2.23. The molecule has 20 heavy (non-hydrogen) atoms. The predicted octanol–water partition coefficient (Wildman–Crippen LogP) is 3.29. The van der Waals surface area contributed by atoms with Crippen LogP contribution in [0.1, 0.15) is 16.0 Å². The molecule has 0 aliphatic heterocycles. The van der Waals surface area contributed by atoms with Gasteiger partial charge in [0.25, 0.3) is 0 Å². The molecule has 4 heteroatoms. The van der Waals surface area contributed by atoms with Gasteiger partial charge in [-0.1, -0.05) is 24.3 Å². The Hall–Kier alpha value is -2.38. The molecule has 1 amide bonds. The molecule has 0 aliphatic rings. The fourth-order valence-electron chi connectivity index (χ4n) is 1.75. The van der Waals surface area contributed by atoms with Crippen molar-refractivity contribution in [2.75, 3.05) is 7.05 Å². The highest BCUT2D eigenvalue weighted by atomic mass is 32.1. The highest BCUT2D eigenvalue weighted by molar-refractivity contribution is 7.09. The van der Waals surface area contributed by atoms with Gasteiger partial charge in [0.15, 0.2) is 0 Å². The number of carbonyl (C=O) groups excluding carboxylic acids is 1. The molecule has 0 radical (unpaired) electrons. The summed E-state index contributed by atoms with van der Waals surface area (Å²) in [6.07, 6.45) is 3.19. The Kier molecular flexibility index (Phi) is 4.70. The summed E-state index contributed by atoms with van der Waals surface area (Å²) >= 11 is 1.63. The first-order chi connectivity index (χ1) is 9.70. The van der Waals surface area contributed by atoms with Crippen molar-refractivity contribution in [3.63, 3.8) is 0 Å². The summed E-state index contributed by atoms with van der Waals surface area (Å²) in [7, 11) is 1.77. The van der Waals surface area contributed by atoms with Crippen LogP contribution in [-0.2, 0) is 11.3 Å². The standard InChI is InChI=1S/C16H14N2OS/c1-18(12-15-7-4-10-20-15)16(19)9-8-13-5-2-3-6-14(13)11-17/h2-10H,12H2,1H3. The number of likely N-dealkylation sites (N-methyl/N-ethyl adjacent to an activating group) is 1. The summed E-state index contributed by atoms with van der Waals surface area (Å²) in [6, 6.07) is 13.3. The number of hydrogen-bond donors (Lipinski definition) is 0. The maximum atomic E-state index is 12.0. The summed E-state index contributed by atoms with van der Waals surface area (Å²) in [6.45, 7) is 0.598. The van der Waals surface area contributed by atoms with Gasteiger partial charge in [-0.2, -0.15) is 5.26 Å². The van der Waals surface area contributed by atoms with Crippen molar-refractivity contribution in [2.24, 2.45) is 0 Å². The second-order valence-electron chi connectivity index (χ2n) is 4.31. The minimum atomic E-state index is -0.0776. The third-order valence-electron chi connectivity index (χ3n) is 2.84. The van der Waals surface area contributed by atoms with Crippen LogP contribution in [0.3, 0.4) is 0 Å². The molecule has 0 aliphatic carbocycles. The second kappa shape index (κ2) is 6.69. The smallest absolute Gasteiger partial charge is 0.246 e. The van der Waals surface area contributed by atoms with Gasteiger partial charge in [-0.25, -0.2) is 0 Å². The molecule has 3 nitrogen and oxygen atoms in total. The zero-order valence-corrected chi connectivity index (χ0v) is 11.9. The van der Waals surface area contributed by atoms with Crippen molar-refractivity contribution >= 4 is 23.3 Å². The summed E-state index contributed by atoms with van der Waals surface area (Å²) < 4.78 is 0. The monoisotopic (exact) mass is 282 g/mol. The molecule has 0 atom stereocenters. The molecule has 0 N–H and O–H groups in total. The van der Waals surface area contributed by atoms with E-state index < -0.39 is 0 Å². The Morgan fingerprint density at radius 1 is 1.35 bits per heavy atom. The Morgan fingerprint density at radius 2 is 2.15 bits per heavy atom. The van der Waals surface area contributed by atoms with E-state index in [1.54, 1.807) is 41.5 Å². The zero-order chi connectivity index (χ0) is 14.4. The molecule has 0 saturated heterocycles. The van der Waals surface area contributed by atoms with Crippen molar-refractivity contribution in [3.05, 3.63) is 63.9 Å². The van der Waals surface area contributed by atoms with Crippen molar-refractivity contribution in [1.29, 1.82) is 5.26 Å². The Morgan fingerprint density at radius 3 is 2.85 bits per heavy atom. The van der Waals surface area contributed by atoms with Crippen LogP contribution in [0.15, 0.2) is 47.9 Å². The number of hydrogen-bond acceptors (Lipinski definition) is 3. The van der Waals surface area contributed by atoms with Crippen LogP contribution < -0.4 is 0 Å². The lowest BCUT2D eigenvalue weighted by molar-refractivity contribution is -0.125. The van der Waals surface area contributed by atoms with E-state index in [1.165, 1.54) is 6.08 Å². The van der Waals surface area contributed by atoms with Crippen LogP contribution in [0, 0.1) is 11.3 Å². The van der Waals surface area contributed by atoms with Gasteiger partial charge in [0.05, 0.1) is 18.2 Å². The largest absolute Gasteiger partial charge is 0.337 e. The SMILES string of the molecule is CN(Cc1cccs1)C(=O)C=Cc1ccccc1C#N. The molecule has 1 aromatic heterocycles. The van der Waals surface area contributed by atoms with Gasteiger partial charge in [-0.3, -0.25) is 4.79 Å². The zero-order valence-electron chi connectivity index (χ0n) is 11.1. The van der Waals surface area contributed by atoms with Gasteiger partial charge in [0, 0.05) is 18.0 Å². The van der Waals surface area contributed by atoms with Crippen LogP contribution in [-0.4, -0.2) is 17.9 Å². The highest BCUT2D eigenvalue weighted by Gasteiger charge is 2.06. The van der Waals surface area contributed by atoms with E-state index in [0.29, 0.717) is 12.1 Å². The van der Waals surface area contributed by atoms with Crippen LogP contribution in [0.5, 0.6) is 0 Å². The van der Waals surface area contributed by atoms with Crippen molar-refractivity contribution in [3.8, 4) is 6.07 Å². The van der Waals surface area contributed by atoms with E-state index in [0.717, 1.165) is 10.4 Å². The highest BCUT2D eigenvalue weighted by Crippen LogP contribution is 2.12. The molecule has 0 unspecified atom stereocenters. The van der Waals surface area contributed by atoms with Crippen LogP contribution in [0.25, 0.3) is 6.08 Å². The average molecular weight is 282 g/mol. The molecule has 0 bridgehead atoms. The molecular formula is C16H14N2OS. The maximum Gasteiger partial charge on any atom is 0.246 e.